The van der Waals surface area contributed by atoms with E-state index in [4.69, 9.17) is 0 Å². The highest BCUT2D eigenvalue weighted by atomic mass is 32.1. The van der Waals surface area contributed by atoms with Crippen molar-refractivity contribution >= 4 is 23.2 Å². The predicted molar refractivity (Wildman–Crippen MR) is 65.3 cm³/mol. The molecule has 3 rings (SSSR count). The normalized spacial score (nSPS) is 18.8. The first-order chi connectivity index (χ1) is 8.22. The molecule has 0 saturated heterocycles. The molecule has 0 radical (unpaired) electrons. The number of hydrogen-bond donors (Lipinski definition) is 2. The minimum atomic E-state index is -0.0528. The lowest BCUT2D eigenvalue weighted by atomic mass is 10.4. The van der Waals surface area contributed by atoms with E-state index in [2.05, 4.69) is 10.6 Å². The zero-order valence-electron chi connectivity index (χ0n) is 9.36. The quantitative estimate of drug-likeness (QED) is 0.851. The monoisotopic (exact) mass is 250 g/mol. The Hall–Kier alpha value is -1.36. The Balaban J connectivity index is 1.63. The third kappa shape index (κ3) is 2.66. The van der Waals surface area contributed by atoms with Crippen LogP contribution in [0, 0.1) is 0 Å². The second-order valence-corrected chi connectivity index (χ2v) is 5.74. The molecular formula is C12H14N2O2S. The molecule has 2 N–H and O–H groups in total. The second kappa shape index (κ2) is 4.14. The van der Waals surface area contributed by atoms with Crippen molar-refractivity contribution in [3.05, 3.63) is 21.9 Å². The van der Waals surface area contributed by atoms with Crippen LogP contribution in [0.25, 0.3) is 0 Å². The number of nitrogens with one attached hydrogen (secondary N) is 2. The van der Waals surface area contributed by atoms with E-state index in [0.717, 1.165) is 25.7 Å². The van der Waals surface area contributed by atoms with E-state index in [9.17, 15) is 9.59 Å². The Kier molecular flexibility index (Phi) is 2.63. The van der Waals surface area contributed by atoms with Gasteiger partial charge in [-0.05, 0) is 37.8 Å². The molecule has 0 aromatic carbocycles. The Morgan fingerprint density at radius 2 is 1.35 bits per heavy atom. The smallest absolute Gasteiger partial charge is 0.261 e. The fourth-order valence-corrected chi connectivity index (χ4v) is 2.36. The zero-order chi connectivity index (χ0) is 11.8. The molecule has 17 heavy (non-hydrogen) atoms. The van der Waals surface area contributed by atoms with Gasteiger partial charge in [0.1, 0.15) is 0 Å². The van der Waals surface area contributed by atoms with Crippen LogP contribution >= 0.6 is 11.3 Å². The summed E-state index contributed by atoms with van der Waals surface area (Å²) in [6.45, 7) is 0. The van der Waals surface area contributed by atoms with Crippen molar-refractivity contribution in [2.75, 3.05) is 0 Å². The average molecular weight is 250 g/mol. The van der Waals surface area contributed by atoms with E-state index >= 15 is 0 Å². The molecule has 1 aromatic rings. The molecular weight excluding hydrogens is 236 g/mol. The molecule has 1 aromatic heterocycles. The van der Waals surface area contributed by atoms with Crippen LogP contribution in [-0.2, 0) is 0 Å². The lowest BCUT2D eigenvalue weighted by Crippen LogP contribution is -2.25. The van der Waals surface area contributed by atoms with Gasteiger partial charge in [-0.1, -0.05) is 0 Å². The van der Waals surface area contributed by atoms with Crippen LogP contribution in [0.3, 0.4) is 0 Å². The van der Waals surface area contributed by atoms with Gasteiger partial charge >= 0.3 is 0 Å². The third-order valence-corrected chi connectivity index (χ3v) is 3.96. The number of hydrogen-bond acceptors (Lipinski definition) is 3. The van der Waals surface area contributed by atoms with E-state index in [1.165, 1.54) is 11.3 Å². The molecule has 0 unspecified atom stereocenters. The largest absolute Gasteiger partial charge is 0.349 e. The van der Waals surface area contributed by atoms with Gasteiger partial charge in [-0.3, -0.25) is 9.59 Å². The fraction of sp³-hybridized carbons (Fsp3) is 0.500. The number of amides is 2. The predicted octanol–water partition coefficient (Wildman–Crippen LogP) is 1.53. The first kappa shape index (κ1) is 10.8. The summed E-state index contributed by atoms with van der Waals surface area (Å²) in [4.78, 5) is 24.7. The van der Waals surface area contributed by atoms with E-state index in [0.29, 0.717) is 21.8 Å². The molecule has 90 valence electrons. The molecule has 4 nitrogen and oxygen atoms in total. The highest BCUT2D eigenvalue weighted by molar-refractivity contribution is 7.15. The first-order valence-electron chi connectivity index (χ1n) is 5.94. The van der Waals surface area contributed by atoms with Gasteiger partial charge in [0.15, 0.2) is 0 Å². The Morgan fingerprint density at radius 1 is 0.941 bits per heavy atom. The lowest BCUT2D eigenvalue weighted by molar-refractivity contribution is 0.0948. The number of rotatable bonds is 4. The zero-order valence-corrected chi connectivity index (χ0v) is 10.2. The van der Waals surface area contributed by atoms with Gasteiger partial charge in [-0.15, -0.1) is 11.3 Å². The third-order valence-electron chi connectivity index (χ3n) is 2.88. The van der Waals surface area contributed by atoms with Gasteiger partial charge in [-0.25, -0.2) is 0 Å². The number of carbonyl (C=O) groups is 2. The van der Waals surface area contributed by atoms with Gasteiger partial charge in [-0.2, -0.15) is 0 Å². The van der Waals surface area contributed by atoms with Crippen LogP contribution in [0.4, 0.5) is 0 Å². The van der Waals surface area contributed by atoms with Crippen molar-refractivity contribution in [1.29, 1.82) is 0 Å². The van der Waals surface area contributed by atoms with Crippen LogP contribution < -0.4 is 10.6 Å². The molecule has 2 saturated carbocycles. The minimum Gasteiger partial charge on any atom is -0.349 e. The molecule has 0 atom stereocenters. The summed E-state index contributed by atoms with van der Waals surface area (Å²) in [6, 6.07) is 4.16. The molecule has 2 amide bonds. The second-order valence-electron chi connectivity index (χ2n) is 4.66. The van der Waals surface area contributed by atoms with E-state index < -0.39 is 0 Å². The van der Waals surface area contributed by atoms with Gasteiger partial charge in [0.05, 0.1) is 9.75 Å². The average Bonchev–Trinajstić information content (AvgIpc) is 3.22. The van der Waals surface area contributed by atoms with Crippen molar-refractivity contribution in [1.82, 2.24) is 10.6 Å². The number of thiophene rings is 1. The van der Waals surface area contributed by atoms with Gasteiger partial charge < -0.3 is 10.6 Å². The van der Waals surface area contributed by atoms with Gasteiger partial charge in [0.2, 0.25) is 0 Å². The Labute approximate surface area is 103 Å². The maximum absolute atomic E-state index is 11.7. The SMILES string of the molecule is O=C(NC1CC1)c1ccc(C(=O)NC2CC2)s1. The maximum atomic E-state index is 11.7. The Bertz CT molecular complexity index is 420. The van der Waals surface area contributed by atoms with E-state index in [1.807, 2.05) is 0 Å². The molecule has 1 heterocycles. The standard InChI is InChI=1S/C12H14N2O2S/c15-11(13-7-1-2-7)9-5-6-10(17-9)12(16)14-8-3-4-8/h5-8H,1-4H2,(H,13,15)(H,14,16). The van der Waals surface area contributed by atoms with E-state index in [-0.39, 0.29) is 11.8 Å². The molecule has 2 aliphatic rings. The topological polar surface area (TPSA) is 58.2 Å². The van der Waals surface area contributed by atoms with Gasteiger partial charge in [0, 0.05) is 12.1 Å². The molecule has 2 aliphatic carbocycles. The van der Waals surface area contributed by atoms with Crippen LogP contribution in [0.1, 0.15) is 45.0 Å². The van der Waals surface area contributed by atoms with Crippen LogP contribution in [0.15, 0.2) is 12.1 Å². The summed E-state index contributed by atoms with van der Waals surface area (Å²) in [7, 11) is 0. The lowest BCUT2D eigenvalue weighted by Gasteiger charge is -2.00. The van der Waals surface area contributed by atoms with Crippen molar-refractivity contribution in [2.45, 2.75) is 37.8 Å². The Morgan fingerprint density at radius 3 is 1.71 bits per heavy atom. The minimum absolute atomic E-state index is 0.0528. The summed E-state index contributed by atoms with van der Waals surface area (Å²) in [5, 5.41) is 5.83. The summed E-state index contributed by atoms with van der Waals surface area (Å²) in [5.41, 5.74) is 0. The summed E-state index contributed by atoms with van der Waals surface area (Å²) in [6.07, 6.45) is 4.30. The van der Waals surface area contributed by atoms with Crippen molar-refractivity contribution in [2.24, 2.45) is 0 Å². The molecule has 0 aliphatic heterocycles. The van der Waals surface area contributed by atoms with Crippen molar-refractivity contribution < 1.29 is 9.59 Å². The molecule has 2 fully saturated rings. The van der Waals surface area contributed by atoms with Crippen molar-refractivity contribution in [3.63, 3.8) is 0 Å². The summed E-state index contributed by atoms with van der Waals surface area (Å²) >= 11 is 1.26. The van der Waals surface area contributed by atoms with Crippen LogP contribution in [0.5, 0.6) is 0 Å². The molecule has 0 bridgehead atoms. The summed E-state index contributed by atoms with van der Waals surface area (Å²) < 4.78 is 0. The van der Waals surface area contributed by atoms with Crippen molar-refractivity contribution in [3.8, 4) is 0 Å². The fourth-order valence-electron chi connectivity index (χ4n) is 1.55. The summed E-state index contributed by atoms with van der Waals surface area (Å²) in [5.74, 6) is -0.106. The van der Waals surface area contributed by atoms with Crippen LogP contribution in [-0.4, -0.2) is 23.9 Å². The van der Waals surface area contributed by atoms with Gasteiger partial charge in [0.25, 0.3) is 11.8 Å². The first-order valence-corrected chi connectivity index (χ1v) is 6.75. The molecule has 0 spiro atoms. The molecule has 5 heteroatoms. The highest BCUT2D eigenvalue weighted by Gasteiger charge is 2.26. The highest BCUT2D eigenvalue weighted by Crippen LogP contribution is 2.23. The number of carbonyl (C=O) groups excluding carboxylic acids is 2. The van der Waals surface area contributed by atoms with E-state index in [1.54, 1.807) is 12.1 Å². The maximum Gasteiger partial charge on any atom is 0.261 e. The van der Waals surface area contributed by atoms with Crippen LogP contribution in [0.2, 0.25) is 0 Å².